The third-order valence-corrected chi connectivity index (χ3v) is 5.50. The number of anilines is 2. The molecule has 0 aliphatic heterocycles. The summed E-state index contributed by atoms with van der Waals surface area (Å²) < 4.78 is 0. The van der Waals surface area contributed by atoms with E-state index < -0.39 is 10.3 Å². The summed E-state index contributed by atoms with van der Waals surface area (Å²) >= 11 is 1.47. The highest BCUT2D eigenvalue weighted by molar-refractivity contribution is 7.99. The fraction of sp³-hybridized carbons (Fsp3) is 0.167. The Morgan fingerprint density at radius 1 is 0.781 bits per heavy atom. The number of benzene rings is 3. The second kappa shape index (κ2) is 9.65. The van der Waals surface area contributed by atoms with Crippen molar-refractivity contribution in [3.8, 4) is 0 Å². The predicted octanol–water partition coefficient (Wildman–Crippen LogP) is 5.98. The molecule has 8 heteroatoms. The van der Waals surface area contributed by atoms with Crippen LogP contribution in [-0.2, 0) is 4.79 Å². The van der Waals surface area contributed by atoms with E-state index in [1.807, 2.05) is 32.9 Å². The second-order valence-corrected chi connectivity index (χ2v) is 9.26. The minimum atomic E-state index is -0.501. The van der Waals surface area contributed by atoms with Crippen LogP contribution in [0.2, 0.25) is 0 Å². The molecule has 0 spiro atoms. The van der Waals surface area contributed by atoms with Gasteiger partial charge in [-0.2, -0.15) is 0 Å². The number of carbonyl (C=O) groups excluding carboxylic acids is 2. The third kappa shape index (κ3) is 6.18. The van der Waals surface area contributed by atoms with Crippen LogP contribution in [0.1, 0.15) is 31.1 Å². The van der Waals surface area contributed by atoms with E-state index in [1.54, 1.807) is 48.5 Å². The van der Waals surface area contributed by atoms with Crippen LogP contribution in [0.25, 0.3) is 0 Å². The summed E-state index contributed by atoms with van der Waals surface area (Å²) in [6.45, 7) is 5.50. The molecule has 3 rings (SSSR count). The molecular formula is C24H23N3O4S. The number of rotatable bonds is 6. The van der Waals surface area contributed by atoms with E-state index in [2.05, 4.69) is 10.6 Å². The van der Waals surface area contributed by atoms with E-state index in [0.29, 0.717) is 16.9 Å². The molecule has 0 atom stereocenters. The Hall–Kier alpha value is -3.65. The Morgan fingerprint density at radius 2 is 1.25 bits per heavy atom. The number of nitro benzene ring substituents is 1. The van der Waals surface area contributed by atoms with E-state index in [-0.39, 0.29) is 17.5 Å². The normalized spacial score (nSPS) is 11.0. The van der Waals surface area contributed by atoms with Gasteiger partial charge in [0, 0.05) is 44.3 Å². The number of nitrogens with one attached hydrogen (secondary N) is 2. The molecule has 3 aromatic rings. The molecule has 0 radical (unpaired) electrons. The standard InChI is InChI=1S/C24H23N3O4S/c1-24(2,3)23(29)26-18-6-4-16(5-7-18)22(28)25-17-8-12-20(13-9-17)32-21-14-10-19(11-15-21)27(30)31/h4-15H,1-3H3,(H,25,28)(H,26,29). The molecule has 164 valence electrons. The number of nitro groups is 1. The minimum Gasteiger partial charge on any atom is -0.326 e. The molecule has 0 aliphatic rings. The van der Waals surface area contributed by atoms with E-state index in [9.17, 15) is 19.7 Å². The van der Waals surface area contributed by atoms with E-state index in [4.69, 9.17) is 0 Å². The molecule has 0 saturated carbocycles. The van der Waals surface area contributed by atoms with Crippen LogP contribution in [0.15, 0.2) is 82.6 Å². The van der Waals surface area contributed by atoms with Gasteiger partial charge in [-0.05, 0) is 60.7 Å². The van der Waals surface area contributed by atoms with Crippen molar-refractivity contribution in [3.05, 3.63) is 88.5 Å². The van der Waals surface area contributed by atoms with Crippen LogP contribution in [0.4, 0.5) is 17.1 Å². The van der Waals surface area contributed by atoms with E-state index >= 15 is 0 Å². The fourth-order valence-electron chi connectivity index (χ4n) is 2.61. The maximum atomic E-state index is 12.5. The smallest absolute Gasteiger partial charge is 0.269 e. The van der Waals surface area contributed by atoms with Gasteiger partial charge in [-0.25, -0.2) is 0 Å². The number of non-ortho nitro benzene ring substituents is 1. The molecule has 0 aliphatic carbocycles. The maximum Gasteiger partial charge on any atom is 0.269 e. The van der Waals surface area contributed by atoms with Crippen LogP contribution in [0.3, 0.4) is 0 Å². The van der Waals surface area contributed by atoms with E-state index in [0.717, 1.165) is 9.79 Å². The summed E-state index contributed by atoms with van der Waals surface area (Å²) in [4.78, 5) is 36.7. The maximum absolute atomic E-state index is 12.5. The number of carbonyl (C=O) groups is 2. The number of hydrogen-bond acceptors (Lipinski definition) is 5. The molecule has 0 unspecified atom stereocenters. The van der Waals surface area contributed by atoms with Gasteiger partial charge in [0.05, 0.1) is 4.92 Å². The zero-order valence-electron chi connectivity index (χ0n) is 17.9. The zero-order valence-corrected chi connectivity index (χ0v) is 18.7. The molecule has 0 saturated heterocycles. The first-order valence-corrected chi connectivity index (χ1v) is 10.7. The zero-order chi connectivity index (χ0) is 23.3. The Labute approximate surface area is 190 Å². The van der Waals surface area contributed by atoms with Crippen molar-refractivity contribution in [3.63, 3.8) is 0 Å². The summed E-state index contributed by atoms with van der Waals surface area (Å²) in [6.07, 6.45) is 0. The largest absolute Gasteiger partial charge is 0.326 e. The Balaban J connectivity index is 1.58. The van der Waals surface area contributed by atoms with Crippen molar-refractivity contribution < 1.29 is 14.5 Å². The average molecular weight is 450 g/mol. The first kappa shape index (κ1) is 23.0. The summed E-state index contributed by atoms with van der Waals surface area (Å²) in [6, 6.07) is 20.4. The lowest BCUT2D eigenvalue weighted by Crippen LogP contribution is -2.27. The van der Waals surface area contributed by atoms with Crippen LogP contribution in [0, 0.1) is 15.5 Å². The van der Waals surface area contributed by atoms with Crippen LogP contribution in [-0.4, -0.2) is 16.7 Å². The van der Waals surface area contributed by atoms with Gasteiger partial charge in [0.15, 0.2) is 0 Å². The van der Waals surface area contributed by atoms with Crippen LogP contribution >= 0.6 is 11.8 Å². The highest BCUT2D eigenvalue weighted by atomic mass is 32.2. The van der Waals surface area contributed by atoms with Crippen LogP contribution in [0.5, 0.6) is 0 Å². The second-order valence-electron chi connectivity index (χ2n) is 8.11. The van der Waals surface area contributed by atoms with Crippen molar-refractivity contribution in [2.45, 2.75) is 30.6 Å². The molecule has 2 N–H and O–H groups in total. The first-order valence-electron chi connectivity index (χ1n) is 9.87. The number of hydrogen-bond donors (Lipinski definition) is 2. The molecule has 0 bridgehead atoms. The highest BCUT2D eigenvalue weighted by Crippen LogP contribution is 2.30. The van der Waals surface area contributed by atoms with Gasteiger partial charge in [0.2, 0.25) is 5.91 Å². The summed E-state index contributed by atoms with van der Waals surface area (Å²) in [5.41, 5.74) is 1.31. The Kier molecular flexibility index (Phi) is 6.95. The fourth-order valence-corrected chi connectivity index (χ4v) is 3.42. The molecule has 3 aromatic carbocycles. The minimum absolute atomic E-state index is 0.0528. The summed E-state index contributed by atoms with van der Waals surface area (Å²) in [5.74, 6) is -0.351. The molecule has 0 fully saturated rings. The molecule has 0 aromatic heterocycles. The van der Waals surface area contributed by atoms with Crippen molar-refractivity contribution in [2.75, 3.05) is 10.6 Å². The third-order valence-electron chi connectivity index (χ3n) is 4.48. The van der Waals surface area contributed by atoms with Crippen molar-refractivity contribution in [1.29, 1.82) is 0 Å². The predicted molar refractivity (Wildman–Crippen MR) is 126 cm³/mol. The van der Waals surface area contributed by atoms with Crippen molar-refractivity contribution in [1.82, 2.24) is 0 Å². The highest BCUT2D eigenvalue weighted by Gasteiger charge is 2.21. The quantitative estimate of drug-likeness (QED) is 0.356. The SMILES string of the molecule is CC(C)(C)C(=O)Nc1ccc(C(=O)Nc2ccc(Sc3ccc([N+](=O)[O-])cc3)cc2)cc1. The van der Waals surface area contributed by atoms with Gasteiger partial charge < -0.3 is 10.6 Å². The Bertz CT molecular complexity index is 1120. The number of nitrogens with zero attached hydrogens (tertiary/aromatic N) is 1. The molecular weight excluding hydrogens is 426 g/mol. The first-order chi connectivity index (χ1) is 15.1. The van der Waals surface area contributed by atoms with Gasteiger partial charge in [-0.3, -0.25) is 19.7 Å². The van der Waals surface area contributed by atoms with Gasteiger partial charge in [0.25, 0.3) is 11.6 Å². The summed E-state index contributed by atoms with van der Waals surface area (Å²) in [5, 5.41) is 16.4. The van der Waals surface area contributed by atoms with Gasteiger partial charge in [0.1, 0.15) is 0 Å². The lowest BCUT2D eigenvalue weighted by molar-refractivity contribution is -0.384. The monoisotopic (exact) mass is 449 g/mol. The topological polar surface area (TPSA) is 101 Å². The van der Waals surface area contributed by atoms with Gasteiger partial charge in [-0.15, -0.1) is 0 Å². The lowest BCUT2D eigenvalue weighted by atomic mass is 9.95. The van der Waals surface area contributed by atoms with Gasteiger partial charge >= 0.3 is 0 Å². The average Bonchev–Trinajstić information content (AvgIpc) is 2.75. The molecule has 2 amide bonds. The van der Waals surface area contributed by atoms with Crippen LogP contribution < -0.4 is 10.6 Å². The van der Waals surface area contributed by atoms with E-state index in [1.165, 1.54) is 23.9 Å². The molecule has 7 nitrogen and oxygen atoms in total. The van der Waals surface area contributed by atoms with Crippen molar-refractivity contribution in [2.24, 2.45) is 5.41 Å². The molecule has 32 heavy (non-hydrogen) atoms. The lowest BCUT2D eigenvalue weighted by Gasteiger charge is -2.17. The van der Waals surface area contributed by atoms with Gasteiger partial charge in [-0.1, -0.05) is 32.5 Å². The summed E-state index contributed by atoms with van der Waals surface area (Å²) in [7, 11) is 0. The Morgan fingerprint density at radius 3 is 1.75 bits per heavy atom. The van der Waals surface area contributed by atoms with Crippen molar-refractivity contribution >= 4 is 40.6 Å². The number of amides is 2. The molecule has 0 heterocycles.